The summed E-state index contributed by atoms with van der Waals surface area (Å²) in [4.78, 5) is 4.55. The summed E-state index contributed by atoms with van der Waals surface area (Å²) in [6, 6.07) is 12.7. The Labute approximate surface area is 138 Å². The first-order valence-electron chi connectivity index (χ1n) is 8.83. The Morgan fingerprint density at radius 3 is 2.61 bits per heavy atom. The molecule has 1 N–H and O–H groups in total. The first-order chi connectivity index (χ1) is 11.4. The fourth-order valence-electron chi connectivity index (χ4n) is 3.07. The highest BCUT2D eigenvalue weighted by Crippen LogP contribution is 2.29. The molecule has 122 valence electrons. The molecule has 0 saturated heterocycles. The minimum Gasteiger partial charge on any atom is -0.493 e. The van der Waals surface area contributed by atoms with E-state index in [0.717, 1.165) is 37.7 Å². The lowest BCUT2D eigenvalue weighted by atomic mass is 10.0. The van der Waals surface area contributed by atoms with Crippen LogP contribution in [0.4, 0.5) is 0 Å². The average molecular weight is 310 g/mol. The summed E-state index contributed by atoms with van der Waals surface area (Å²) in [5, 5.41) is 5.75. The van der Waals surface area contributed by atoms with Gasteiger partial charge in [-0.25, -0.2) is 0 Å². The van der Waals surface area contributed by atoms with Gasteiger partial charge in [0, 0.05) is 17.5 Å². The summed E-state index contributed by atoms with van der Waals surface area (Å²) in [7, 11) is 0. The van der Waals surface area contributed by atoms with Crippen LogP contribution in [0.2, 0.25) is 0 Å². The van der Waals surface area contributed by atoms with Gasteiger partial charge in [0.25, 0.3) is 0 Å². The second-order valence-corrected chi connectivity index (χ2v) is 6.08. The molecule has 2 aromatic carbocycles. The molecule has 0 unspecified atom stereocenters. The maximum Gasteiger partial charge on any atom is 0.129 e. The van der Waals surface area contributed by atoms with Crippen molar-refractivity contribution in [3.8, 4) is 5.75 Å². The second-order valence-electron chi connectivity index (χ2n) is 6.08. The Balaban J connectivity index is 1.73. The molecule has 0 saturated carbocycles. The van der Waals surface area contributed by atoms with E-state index < -0.39 is 0 Å². The van der Waals surface area contributed by atoms with Crippen molar-refractivity contribution in [3.63, 3.8) is 0 Å². The van der Waals surface area contributed by atoms with Crippen LogP contribution in [0.1, 0.15) is 44.6 Å². The van der Waals surface area contributed by atoms with Crippen LogP contribution in [0.5, 0.6) is 5.75 Å². The molecular formula is C20H26N2O. The molecule has 23 heavy (non-hydrogen) atoms. The summed E-state index contributed by atoms with van der Waals surface area (Å²) >= 11 is 0. The summed E-state index contributed by atoms with van der Waals surface area (Å²) in [6.07, 6.45) is 6.30. The van der Waals surface area contributed by atoms with Gasteiger partial charge in [-0.15, -0.1) is 0 Å². The zero-order valence-electron chi connectivity index (χ0n) is 14.0. The van der Waals surface area contributed by atoms with Crippen molar-refractivity contribution < 1.29 is 4.74 Å². The third kappa shape index (κ3) is 3.84. The second kappa shape index (κ2) is 8.00. The number of rotatable bonds is 8. The molecule has 1 aliphatic rings. The average Bonchev–Trinajstić information content (AvgIpc) is 3.12. The molecule has 3 rings (SSSR count). The van der Waals surface area contributed by atoms with Gasteiger partial charge in [0.1, 0.15) is 11.6 Å². The number of hydrogen-bond donors (Lipinski definition) is 1. The van der Waals surface area contributed by atoms with Crippen molar-refractivity contribution in [1.29, 1.82) is 0 Å². The van der Waals surface area contributed by atoms with Gasteiger partial charge in [-0.3, -0.25) is 4.99 Å². The van der Waals surface area contributed by atoms with Gasteiger partial charge in [0.05, 0.1) is 13.2 Å². The molecule has 1 heterocycles. The van der Waals surface area contributed by atoms with E-state index in [0.29, 0.717) is 0 Å². The Morgan fingerprint density at radius 2 is 1.83 bits per heavy atom. The van der Waals surface area contributed by atoms with Crippen molar-refractivity contribution in [2.75, 3.05) is 19.7 Å². The SMILES string of the molecule is CCCCCCCOc1ccc(C2=NCCN2)c2ccccc12. The minimum absolute atomic E-state index is 0.798. The highest BCUT2D eigenvalue weighted by Gasteiger charge is 2.13. The lowest BCUT2D eigenvalue weighted by Crippen LogP contribution is -2.19. The number of benzene rings is 2. The predicted octanol–water partition coefficient (Wildman–Crippen LogP) is 4.54. The Bertz CT molecular complexity index is 678. The van der Waals surface area contributed by atoms with Crippen LogP contribution in [0.3, 0.4) is 0 Å². The van der Waals surface area contributed by atoms with Crippen LogP contribution >= 0.6 is 0 Å². The van der Waals surface area contributed by atoms with E-state index in [1.54, 1.807) is 0 Å². The topological polar surface area (TPSA) is 33.6 Å². The lowest BCUT2D eigenvalue weighted by Gasteiger charge is -2.13. The summed E-state index contributed by atoms with van der Waals surface area (Å²) in [6.45, 7) is 4.83. The summed E-state index contributed by atoms with van der Waals surface area (Å²) < 4.78 is 6.06. The number of nitrogens with one attached hydrogen (secondary N) is 1. The number of unbranched alkanes of at least 4 members (excludes halogenated alkanes) is 4. The van der Waals surface area contributed by atoms with E-state index >= 15 is 0 Å². The van der Waals surface area contributed by atoms with Gasteiger partial charge in [0.15, 0.2) is 0 Å². The highest BCUT2D eigenvalue weighted by molar-refractivity contribution is 6.11. The molecule has 3 heteroatoms. The number of fused-ring (bicyclic) bond motifs is 1. The molecule has 3 nitrogen and oxygen atoms in total. The first-order valence-corrected chi connectivity index (χ1v) is 8.83. The van der Waals surface area contributed by atoms with E-state index in [2.05, 4.69) is 53.6 Å². The third-order valence-corrected chi connectivity index (χ3v) is 4.32. The van der Waals surface area contributed by atoms with E-state index in [1.165, 1.54) is 42.0 Å². The molecule has 0 atom stereocenters. The molecule has 0 fully saturated rings. The van der Waals surface area contributed by atoms with Crippen molar-refractivity contribution in [2.24, 2.45) is 4.99 Å². The maximum atomic E-state index is 6.06. The fraction of sp³-hybridized carbons (Fsp3) is 0.450. The van der Waals surface area contributed by atoms with Crippen molar-refractivity contribution >= 4 is 16.6 Å². The Kier molecular flexibility index (Phi) is 5.51. The molecule has 0 spiro atoms. The summed E-state index contributed by atoms with van der Waals surface area (Å²) in [5.41, 5.74) is 1.17. The van der Waals surface area contributed by atoms with E-state index in [-0.39, 0.29) is 0 Å². The first kappa shape index (κ1) is 15.9. The standard InChI is InChI=1S/C20H26N2O/c1-2-3-4-5-8-15-23-19-12-11-18(20-21-13-14-22-20)16-9-6-7-10-17(16)19/h6-7,9-12H,2-5,8,13-15H2,1H3,(H,21,22). The molecule has 0 radical (unpaired) electrons. The van der Waals surface area contributed by atoms with Crippen LogP contribution in [0.15, 0.2) is 41.4 Å². The quantitative estimate of drug-likeness (QED) is 0.726. The molecule has 1 aliphatic heterocycles. The van der Waals surface area contributed by atoms with E-state index in [4.69, 9.17) is 4.74 Å². The predicted molar refractivity (Wildman–Crippen MR) is 97.6 cm³/mol. The third-order valence-electron chi connectivity index (χ3n) is 4.32. The van der Waals surface area contributed by atoms with Crippen LogP contribution in [-0.4, -0.2) is 25.5 Å². The van der Waals surface area contributed by atoms with Crippen LogP contribution in [0, 0.1) is 0 Å². The Hall–Kier alpha value is -2.03. The Morgan fingerprint density at radius 1 is 1.00 bits per heavy atom. The number of ether oxygens (including phenoxy) is 1. The van der Waals surface area contributed by atoms with Gasteiger partial charge in [-0.1, -0.05) is 56.9 Å². The number of aliphatic imine (C=N–C) groups is 1. The van der Waals surface area contributed by atoms with Crippen molar-refractivity contribution in [1.82, 2.24) is 5.32 Å². The fourth-order valence-corrected chi connectivity index (χ4v) is 3.07. The highest BCUT2D eigenvalue weighted by atomic mass is 16.5. The number of nitrogens with zero attached hydrogens (tertiary/aromatic N) is 1. The molecule has 0 amide bonds. The van der Waals surface area contributed by atoms with Gasteiger partial charge in [-0.2, -0.15) is 0 Å². The molecule has 2 aromatic rings. The molecular weight excluding hydrogens is 284 g/mol. The summed E-state index contributed by atoms with van der Waals surface area (Å²) in [5.74, 6) is 1.99. The smallest absolute Gasteiger partial charge is 0.129 e. The number of amidine groups is 1. The normalized spacial score (nSPS) is 13.9. The van der Waals surface area contributed by atoms with E-state index in [1.807, 2.05) is 0 Å². The zero-order chi connectivity index (χ0) is 15.9. The van der Waals surface area contributed by atoms with E-state index in [9.17, 15) is 0 Å². The van der Waals surface area contributed by atoms with Gasteiger partial charge >= 0.3 is 0 Å². The lowest BCUT2D eigenvalue weighted by molar-refractivity contribution is 0.308. The van der Waals surface area contributed by atoms with Crippen LogP contribution in [-0.2, 0) is 0 Å². The van der Waals surface area contributed by atoms with Crippen LogP contribution < -0.4 is 10.1 Å². The maximum absolute atomic E-state index is 6.06. The molecule has 0 bridgehead atoms. The van der Waals surface area contributed by atoms with Crippen molar-refractivity contribution in [2.45, 2.75) is 39.0 Å². The van der Waals surface area contributed by atoms with Crippen LogP contribution in [0.25, 0.3) is 10.8 Å². The van der Waals surface area contributed by atoms with Gasteiger partial charge in [0.2, 0.25) is 0 Å². The van der Waals surface area contributed by atoms with Crippen molar-refractivity contribution in [3.05, 3.63) is 42.0 Å². The molecule has 0 aromatic heterocycles. The largest absolute Gasteiger partial charge is 0.493 e. The zero-order valence-corrected chi connectivity index (χ0v) is 14.0. The number of hydrogen-bond acceptors (Lipinski definition) is 3. The molecule has 0 aliphatic carbocycles. The van der Waals surface area contributed by atoms with Gasteiger partial charge in [-0.05, 0) is 23.9 Å². The monoisotopic (exact) mass is 310 g/mol. The minimum atomic E-state index is 0.798. The van der Waals surface area contributed by atoms with Gasteiger partial charge < -0.3 is 10.1 Å².